The molecule has 0 aliphatic heterocycles. The van der Waals surface area contributed by atoms with Crippen molar-refractivity contribution in [3.63, 3.8) is 0 Å². The van der Waals surface area contributed by atoms with E-state index in [2.05, 4.69) is 0 Å². The zero-order chi connectivity index (χ0) is 2.71. The van der Waals surface area contributed by atoms with Gasteiger partial charge in [-0.25, -0.2) is 0 Å². The molecule has 0 aromatic rings. The average Bonchev–Trinajstić information content (AvgIpc) is 0.918. The van der Waals surface area contributed by atoms with Crippen LogP contribution < -0.4 is 0 Å². The minimum atomic E-state index is 0. The van der Waals surface area contributed by atoms with E-state index in [1.54, 1.807) is 6.92 Å². The first-order valence-corrected chi connectivity index (χ1v) is 1.02. The van der Waals surface area contributed by atoms with E-state index < -0.39 is 0 Å². The Labute approximate surface area is 68.0 Å². The third-order valence-electron chi connectivity index (χ3n) is 0. The molecule has 0 aromatic heterocycles. The fourth-order valence-electron chi connectivity index (χ4n) is 0. The molecular formula is C2H9MoOPV. The van der Waals surface area contributed by atoms with Crippen molar-refractivity contribution in [2.45, 2.75) is 6.92 Å². The van der Waals surface area contributed by atoms with Crippen LogP contribution in [0.15, 0.2) is 0 Å². The van der Waals surface area contributed by atoms with Gasteiger partial charge < -0.3 is 5.11 Å². The first-order chi connectivity index (χ1) is 1.41. The molecule has 1 unspecified atom stereocenters. The van der Waals surface area contributed by atoms with Crippen LogP contribution in [-0.2, 0) is 39.6 Å². The molecule has 0 amide bonds. The third-order valence-corrected chi connectivity index (χ3v) is 0. The average molecular weight is 227 g/mol. The fraction of sp³-hybridized carbons (Fsp3) is 1.00. The Morgan fingerprint density at radius 3 is 1.50 bits per heavy atom. The van der Waals surface area contributed by atoms with Gasteiger partial charge in [0.25, 0.3) is 0 Å². The zero-order valence-corrected chi connectivity index (χ0v) is 8.53. The van der Waals surface area contributed by atoms with Gasteiger partial charge in [-0.05, 0) is 6.92 Å². The number of hydrogen-bond acceptors (Lipinski definition) is 1. The molecular weight excluding hydrogens is 218 g/mol. The summed E-state index contributed by atoms with van der Waals surface area (Å²) in [5.41, 5.74) is 0. The second-order valence-corrected chi connectivity index (χ2v) is 0.316. The molecule has 6 heavy (non-hydrogen) atoms. The van der Waals surface area contributed by atoms with Crippen LogP contribution in [0.1, 0.15) is 6.92 Å². The SMILES string of the molecule is CCO.P.[Mo].[V]. The summed E-state index contributed by atoms with van der Waals surface area (Å²) >= 11 is 0. The summed E-state index contributed by atoms with van der Waals surface area (Å²) in [5, 5.41) is 7.57. The maximum Gasteiger partial charge on any atom is 0.0402 e. The van der Waals surface area contributed by atoms with Crippen molar-refractivity contribution >= 4 is 9.90 Å². The molecule has 0 saturated heterocycles. The molecule has 0 bridgehead atoms. The number of aliphatic hydroxyl groups excluding tert-OH is 1. The van der Waals surface area contributed by atoms with Crippen molar-refractivity contribution in [3.05, 3.63) is 0 Å². The van der Waals surface area contributed by atoms with E-state index in [1.165, 1.54) is 0 Å². The first-order valence-electron chi connectivity index (χ1n) is 1.02. The second-order valence-electron chi connectivity index (χ2n) is 0.316. The molecule has 0 aromatic carbocycles. The largest absolute Gasteiger partial charge is 0.397 e. The molecule has 1 atom stereocenters. The summed E-state index contributed by atoms with van der Waals surface area (Å²) in [4.78, 5) is 0. The van der Waals surface area contributed by atoms with Crippen molar-refractivity contribution in [1.29, 1.82) is 0 Å². The Morgan fingerprint density at radius 2 is 1.50 bits per heavy atom. The van der Waals surface area contributed by atoms with Gasteiger partial charge in [-0.3, -0.25) is 0 Å². The Kier molecular flexibility index (Phi) is 127. The van der Waals surface area contributed by atoms with Crippen LogP contribution in [0, 0.1) is 0 Å². The molecule has 0 aliphatic carbocycles. The predicted octanol–water partition coefficient (Wildman–Crippen LogP) is 0.0517. The summed E-state index contributed by atoms with van der Waals surface area (Å²) < 4.78 is 0. The maximum atomic E-state index is 7.57. The van der Waals surface area contributed by atoms with Crippen LogP contribution in [-0.4, -0.2) is 11.7 Å². The van der Waals surface area contributed by atoms with Gasteiger partial charge in [0, 0.05) is 46.2 Å². The molecule has 39 valence electrons. The van der Waals surface area contributed by atoms with Gasteiger partial charge in [0.15, 0.2) is 0 Å². The molecule has 1 nitrogen and oxygen atoms in total. The van der Waals surface area contributed by atoms with Gasteiger partial charge in [-0.15, -0.1) is 0 Å². The number of hydrogen-bond donors (Lipinski definition) is 1. The van der Waals surface area contributed by atoms with E-state index >= 15 is 0 Å². The van der Waals surface area contributed by atoms with Gasteiger partial charge in [-0.2, -0.15) is 9.90 Å². The van der Waals surface area contributed by atoms with Crippen molar-refractivity contribution in [3.8, 4) is 0 Å². The molecule has 0 rings (SSSR count). The Bertz CT molecular complexity index is 13.5. The molecule has 0 spiro atoms. The minimum absolute atomic E-state index is 0. The van der Waals surface area contributed by atoms with Crippen LogP contribution in [0.25, 0.3) is 0 Å². The van der Waals surface area contributed by atoms with Gasteiger partial charge in [0.05, 0.1) is 0 Å². The van der Waals surface area contributed by atoms with E-state index in [4.69, 9.17) is 5.11 Å². The fourth-order valence-corrected chi connectivity index (χ4v) is 0. The third kappa shape index (κ3) is 44.5. The molecule has 0 heterocycles. The van der Waals surface area contributed by atoms with E-state index in [9.17, 15) is 0 Å². The van der Waals surface area contributed by atoms with E-state index in [1.807, 2.05) is 0 Å². The van der Waals surface area contributed by atoms with Gasteiger partial charge >= 0.3 is 0 Å². The van der Waals surface area contributed by atoms with Crippen molar-refractivity contribution in [2.75, 3.05) is 6.61 Å². The summed E-state index contributed by atoms with van der Waals surface area (Å²) in [6.07, 6.45) is 0. The summed E-state index contributed by atoms with van der Waals surface area (Å²) in [7, 11) is 0. The zero-order valence-electron chi connectivity index (χ0n) is 3.72. The quantitative estimate of drug-likeness (QED) is 0.458. The molecule has 1 radical (unpaired) electrons. The standard InChI is InChI=1S/C2H6O.Mo.H3P.V/c1-2-3;;;/h3H,2H2,1H3;;1H3;. The van der Waals surface area contributed by atoms with Crippen molar-refractivity contribution in [1.82, 2.24) is 0 Å². The van der Waals surface area contributed by atoms with Gasteiger partial charge in [0.1, 0.15) is 0 Å². The smallest absolute Gasteiger partial charge is 0.0402 e. The minimum Gasteiger partial charge on any atom is -0.397 e. The van der Waals surface area contributed by atoms with Gasteiger partial charge in [0.2, 0.25) is 0 Å². The maximum absolute atomic E-state index is 7.57. The van der Waals surface area contributed by atoms with Crippen LogP contribution >= 0.6 is 9.90 Å². The van der Waals surface area contributed by atoms with Crippen LogP contribution in [0.4, 0.5) is 0 Å². The predicted molar refractivity (Wildman–Crippen MR) is 23.9 cm³/mol. The summed E-state index contributed by atoms with van der Waals surface area (Å²) in [5.74, 6) is 0. The van der Waals surface area contributed by atoms with Gasteiger partial charge in [-0.1, -0.05) is 0 Å². The normalized spacial score (nSPS) is 3.00. The summed E-state index contributed by atoms with van der Waals surface area (Å²) in [6.45, 7) is 1.93. The number of aliphatic hydroxyl groups is 1. The molecule has 0 saturated carbocycles. The Hall–Kier alpha value is 1.66. The molecule has 4 heteroatoms. The first kappa shape index (κ1) is 25.4. The number of rotatable bonds is 0. The molecule has 0 aliphatic rings. The van der Waals surface area contributed by atoms with Crippen LogP contribution in [0.3, 0.4) is 0 Å². The second kappa shape index (κ2) is 30.1. The van der Waals surface area contributed by atoms with E-state index in [0.717, 1.165) is 0 Å². The van der Waals surface area contributed by atoms with Crippen molar-refractivity contribution < 1.29 is 44.7 Å². The van der Waals surface area contributed by atoms with Crippen LogP contribution in [0.2, 0.25) is 0 Å². The summed E-state index contributed by atoms with van der Waals surface area (Å²) in [6, 6.07) is 0. The molecule has 0 fully saturated rings. The van der Waals surface area contributed by atoms with Crippen molar-refractivity contribution in [2.24, 2.45) is 0 Å². The Morgan fingerprint density at radius 1 is 1.50 bits per heavy atom. The topological polar surface area (TPSA) is 20.2 Å². The van der Waals surface area contributed by atoms with Crippen LogP contribution in [0.5, 0.6) is 0 Å². The molecule has 1 N–H and O–H groups in total. The van der Waals surface area contributed by atoms with E-state index in [0.29, 0.717) is 0 Å². The monoisotopic (exact) mass is 229 g/mol. The Balaban J connectivity index is -0.00000000667. The van der Waals surface area contributed by atoms with E-state index in [-0.39, 0.29) is 56.1 Å².